The van der Waals surface area contributed by atoms with Gasteiger partial charge in [0.15, 0.2) is 5.96 Å². The molecule has 1 aromatic rings. The summed E-state index contributed by atoms with van der Waals surface area (Å²) in [5.74, 6) is -2.01. The Morgan fingerprint density at radius 3 is 2.41 bits per heavy atom. The van der Waals surface area contributed by atoms with Crippen molar-refractivity contribution in [1.82, 2.24) is 10.2 Å². The number of carbonyl (C=O) groups is 4. The Kier molecular flexibility index (Phi) is 12.6. The number of carboxylic acids is 1. The molecule has 1 fully saturated rings. The van der Waals surface area contributed by atoms with Crippen molar-refractivity contribution in [1.29, 1.82) is 0 Å². The molecular weight excluding hydrogens is 464 g/mol. The highest BCUT2D eigenvalue weighted by molar-refractivity contribution is 6.62. The second-order valence-corrected chi connectivity index (χ2v) is 8.34. The van der Waals surface area contributed by atoms with Crippen LogP contribution in [-0.4, -0.2) is 70.2 Å². The molecule has 1 aromatic carbocycles. The molecule has 34 heavy (non-hydrogen) atoms. The minimum absolute atomic E-state index is 0.0714. The molecule has 188 valence electrons. The highest BCUT2D eigenvalue weighted by atomic mass is 35.5. The van der Waals surface area contributed by atoms with Crippen molar-refractivity contribution >= 4 is 40.6 Å². The maximum absolute atomic E-state index is 12.8. The number of guanidine groups is 1. The minimum atomic E-state index is -1.15. The smallest absolute Gasteiger partial charge is 0.326 e. The predicted molar refractivity (Wildman–Crippen MR) is 129 cm³/mol. The molecule has 2 amide bonds. The first kappa shape index (κ1) is 28.9. The Bertz CT molecular complexity index is 859. The summed E-state index contributed by atoms with van der Waals surface area (Å²) in [6.45, 7) is 1.98. The van der Waals surface area contributed by atoms with Crippen molar-refractivity contribution in [3.05, 3.63) is 35.9 Å². The van der Waals surface area contributed by atoms with Gasteiger partial charge in [0, 0.05) is 20.0 Å². The number of nitrogens with one attached hydrogen (secondary N) is 1. The lowest BCUT2D eigenvalue weighted by atomic mass is 10.0. The number of nitrogens with two attached hydrogens (primary N) is 3. The first-order valence-corrected chi connectivity index (χ1v) is 11.2. The minimum Gasteiger partial charge on any atom is -0.480 e. The normalized spacial score (nSPS) is 16.4. The van der Waals surface area contributed by atoms with E-state index in [9.17, 15) is 24.3 Å². The molecule has 8 N–H and O–H groups in total. The zero-order chi connectivity index (χ0) is 25.7. The van der Waals surface area contributed by atoms with Crippen molar-refractivity contribution in [3.63, 3.8) is 0 Å². The third-order valence-electron chi connectivity index (χ3n) is 5.01. The lowest BCUT2D eigenvalue weighted by molar-refractivity contribution is -0.144. The highest BCUT2D eigenvalue weighted by Crippen LogP contribution is 2.19. The van der Waals surface area contributed by atoms with Gasteiger partial charge in [-0.1, -0.05) is 30.3 Å². The summed E-state index contributed by atoms with van der Waals surface area (Å²) in [6.07, 6.45) is 2.06. The largest absolute Gasteiger partial charge is 0.480 e. The number of hydrogen-bond acceptors (Lipinski definition) is 6. The van der Waals surface area contributed by atoms with Crippen LogP contribution in [0.4, 0.5) is 0 Å². The Morgan fingerprint density at radius 2 is 1.85 bits per heavy atom. The summed E-state index contributed by atoms with van der Waals surface area (Å²) in [7, 11) is 0. The van der Waals surface area contributed by atoms with Crippen molar-refractivity contribution in [2.45, 2.75) is 57.2 Å². The van der Waals surface area contributed by atoms with Crippen LogP contribution in [0, 0.1) is 0 Å². The lowest BCUT2D eigenvalue weighted by Gasteiger charge is -2.27. The highest BCUT2D eigenvalue weighted by Gasteiger charge is 2.37. The van der Waals surface area contributed by atoms with Crippen LogP contribution in [0.3, 0.4) is 0 Å². The summed E-state index contributed by atoms with van der Waals surface area (Å²) in [5, 5.41) is 11.6. The van der Waals surface area contributed by atoms with Crippen LogP contribution in [0.1, 0.15) is 38.2 Å². The van der Waals surface area contributed by atoms with Crippen molar-refractivity contribution in [3.8, 4) is 0 Å². The van der Waals surface area contributed by atoms with Crippen molar-refractivity contribution in [2.24, 2.45) is 22.2 Å². The third kappa shape index (κ3) is 10.6. The Morgan fingerprint density at radius 1 is 1.24 bits per heavy atom. The molecule has 0 unspecified atom stereocenters. The van der Waals surface area contributed by atoms with Gasteiger partial charge < -0.3 is 32.5 Å². The van der Waals surface area contributed by atoms with Gasteiger partial charge in [-0.25, -0.2) is 4.79 Å². The van der Waals surface area contributed by atoms with E-state index in [2.05, 4.69) is 21.9 Å². The second-order valence-electron chi connectivity index (χ2n) is 7.80. The van der Waals surface area contributed by atoms with E-state index in [1.807, 2.05) is 30.3 Å². The fraction of sp³-hybridized carbons (Fsp3) is 0.500. The number of amides is 2. The average Bonchev–Trinajstić information content (AvgIpc) is 3.25. The second kappa shape index (κ2) is 14.9. The van der Waals surface area contributed by atoms with E-state index in [-0.39, 0.29) is 30.1 Å². The Labute approximate surface area is 203 Å². The van der Waals surface area contributed by atoms with Crippen molar-refractivity contribution in [2.75, 3.05) is 13.1 Å². The quantitative estimate of drug-likeness (QED) is 0.128. The van der Waals surface area contributed by atoms with Crippen LogP contribution in [0.15, 0.2) is 35.3 Å². The van der Waals surface area contributed by atoms with Crippen LogP contribution < -0.4 is 22.5 Å². The van der Waals surface area contributed by atoms with Crippen LogP contribution in [0.2, 0.25) is 0 Å². The number of benzene rings is 1. The van der Waals surface area contributed by atoms with E-state index in [1.165, 1.54) is 11.8 Å². The topological polar surface area (TPSA) is 194 Å². The van der Waals surface area contributed by atoms with E-state index < -0.39 is 30.0 Å². The maximum Gasteiger partial charge on any atom is 0.326 e. The van der Waals surface area contributed by atoms with Gasteiger partial charge in [-0.15, -0.1) is 0 Å². The molecule has 0 radical (unpaired) electrons. The van der Waals surface area contributed by atoms with E-state index in [0.717, 1.165) is 5.56 Å². The summed E-state index contributed by atoms with van der Waals surface area (Å²) in [4.78, 5) is 51.5. The molecule has 0 aliphatic carbocycles. The molecule has 1 saturated heterocycles. The van der Waals surface area contributed by atoms with Crippen molar-refractivity contribution < 1.29 is 24.3 Å². The first-order chi connectivity index (χ1) is 16.0. The molecule has 1 aliphatic heterocycles. The van der Waals surface area contributed by atoms with E-state index >= 15 is 0 Å². The maximum atomic E-state index is 12.8. The van der Waals surface area contributed by atoms with Gasteiger partial charge in [-0.05, 0) is 49.3 Å². The monoisotopic (exact) mass is 496 g/mol. The standard InChI is InChI=1S/C20H30N6O4.C2H3ClO/c21-14(12-13-6-2-1-3-7-13)18(28)26-11-5-9-16(26)17(27)25-15(19(29)30)8-4-10-24-20(22)23;1-2(3)4/h1-3,6-7,14-16H,4-5,8-12,21H2,(H,25,27)(H,29,30)(H4,22,23,24);1H3/t14-,15+,16+;/m1./s1. The van der Waals surface area contributed by atoms with Gasteiger partial charge in [0.1, 0.15) is 12.1 Å². The van der Waals surface area contributed by atoms with E-state index in [1.54, 1.807) is 0 Å². The SMILES string of the molecule is CC(=O)Cl.NC(N)=NCCC[C@H](NC(=O)[C@@H]1CCCN1C(=O)[C@H](N)Cc1ccccc1)C(=O)O. The van der Waals surface area contributed by atoms with Crippen LogP contribution in [0.5, 0.6) is 0 Å². The fourth-order valence-corrected chi connectivity index (χ4v) is 3.50. The van der Waals surface area contributed by atoms with Crippen LogP contribution in [-0.2, 0) is 25.6 Å². The number of likely N-dealkylation sites (tertiary alicyclic amines) is 1. The molecule has 0 spiro atoms. The molecule has 1 aliphatic rings. The zero-order valence-electron chi connectivity index (χ0n) is 19.2. The molecule has 2 rings (SSSR count). The van der Waals surface area contributed by atoms with Gasteiger partial charge in [0.2, 0.25) is 17.1 Å². The summed E-state index contributed by atoms with van der Waals surface area (Å²) >= 11 is 4.64. The molecule has 0 bridgehead atoms. The Balaban J connectivity index is 0.00000133. The van der Waals surface area contributed by atoms with Gasteiger partial charge in [-0.3, -0.25) is 19.4 Å². The average molecular weight is 497 g/mol. The summed E-state index contributed by atoms with van der Waals surface area (Å²) in [5.41, 5.74) is 17.5. The molecular formula is C22H33ClN6O5. The Hall–Kier alpha value is -3.18. The predicted octanol–water partition coefficient (Wildman–Crippen LogP) is -0.0579. The first-order valence-electron chi connectivity index (χ1n) is 10.9. The molecule has 0 saturated carbocycles. The van der Waals surface area contributed by atoms with Gasteiger partial charge in [-0.2, -0.15) is 0 Å². The molecule has 1 heterocycles. The summed E-state index contributed by atoms with van der Waals surface area (Å²) < 4.78 is 0. The van der Waals surface area contributed by atoms with Gasteiger partial charge in [0.25, 0.3) is 0 Å². The lowest BCUT2D eigenvalue weighted by Crippen LogP contribution is -2.54. The van der Waals surface area contributed by atoms with Crippen LogP contribution in [0.25, 0.3) is 0 Å². The van der Waals surface area contributed by atoms with Gasteiger partial charge >= 0.3 is 5.97 Å². The number of aliphatic imine (C=N–C) groups is 1. The number of carbonyl (C=O) groups excluding carboxylic acids is 3. The number of halogens is 1. The number of carboxylic acid groups (broad SMARTS) is 1. The molecule has 11 nitrogen and oxygen atoms in total. The number of hydrogen-bond donors (Lipinski definition) is 5. The summed E-state index contributed by atoms with van der Waals surface area (Å²) in [6, 6.07) is 6.84. The molecule has 12 heteroatoms. The number of rotatable bonds is 10. The third-order valence-corrected chi connectivity index (χ3v) is 5.01. The van der Waals surface area contributed by atoms with E-state index in [0.29, 0.717) is 32.2 Å². The fourth-order valence-electron chi connectivity index (χ4n) is 3.50. The number of nitrogens with zero attached hydrogens (tertiary/aromatic N) is 2. The van der Waals surface area contributed by atoms with E-state index in [4.69, 9.17) is 17.2 Å². The molecule has 3 atom stereocenters. The van der Waals surface area contributed by atoms with Gasteiger partial charge in [0.05, 0.1) is 6.04 Å². The van der Waals surface area contributed by atoms with Crippen LogP contribution >= 0.6 is 11.6 Å². The number of aliphatic carboxylic acids is 1. The zero-order valence-corrected chi connectivity index (χ0v) is 19.9. The molecule has 0 aromatic heterocycles.